The first-order chi connectivity index (χ1) is 6.56. The molecule has 1 fully saturated rings. The molecule has 1 heterocycles. The van der Waals surface area contributed by atoms with Crippen LogP contribution in [0.2, 0.25) is 0 Å². The van der Waals surface area contributed by atoms with Crippen molar-refractivity contribution in [1.29, 1.82) is 0 Å². The molecule has 1 aliphatic rings. The summed E-state index contributed by atoms with van der Waals surface area (Å²) in [6.07, 6.45) is 0.335. The van der Waals surface area contributed by atoms with E-state index < -0.39 is 18.2 Å². The molecule has 1 saturated heterocycles. The Bertz CT molecular complexity index is 280. The van der Waals surface area contributed by atoms with E-state index in [1.807, 2.05) is 0 Å². The second-order valence-electron chi connectivity index (χ2n) is 3.35. The van der Waals surface area contributed by atoms with Crippen LogP contribution in [0.25, 0.3) is 0 Å². The topological polar surface area (TPSA) is 66.8 Å². The molecule has 2 atom stereocenters. The van der Waals surface area contributed by atoms with Crippen molar-refractivity contribution in [3.05, 3.63) is 23.8 Å². The maximum Gasteiger partial charge on any atom is 0.334 e. The minimum absolute atomic E-state index is 0.194. The van der Waals surface area contributed by atoms with E-state index >= 15 is 0 Å². The van der Waals surface area contributed by atoms with Crippen LogP contribution in [0.4, 0.5) is 0 Å². The van der Waals surface area contributed by atoms with E-state index in [0.29, 0.717) is 17.6 Å². The van der Waals surface area contributed by atoms with Crippen LogP contribution < -0.4 is 0 Å². The molecule has 0 radical (unpaired) electrons. The fourth-order valence-corrected chi connectivity index (χ4v) is 1.33. The first kappa shape index (κ1) is 10.9. The van der Waals surface area contributed by atoms with Crippen LogP contribution in [0.3, 0.4) is 0 Å². The fraction of sp³-hybridized carbons (Fsp3) is 0.500. The quantitative estimate of drug-likeness (QED) is 0.385. The zero-order valence-electron chi connectivity index (χ0n) is 8.06. The Morgan fingerprint density at radius 1 is 1.86 bits per heavy atom. The van der Waals surface area contributed by atoms with E-state index in [1.165, 1.54) is 6.08 Å². The number of esters is 1. The minimum Gasteiger partial charge on any atom is -0.456 e. The van der Waals surface area contributed by atoms with Gasteiger partial charge in [0.25, 0.3) is 0 Å². The second-order valence-corrected chi connectivity index (χ2v) is 3.35. The molecule has 1 aliphatic heterocycles. The third-order valence-electron chi connectivity index (χ3n) is 2.14. The van der Waals surface area contributed by atoms with Gasteiger partial charge in [-0.05, 0) is 18.6 Å². The Morgan fingerprint density at radius 3 is 3.00 bits per heavy atom. The summed E-state index contributed by atoms with van der Waals surface area (Å²) in [6.45, 7) is 5.06. The number of carbonyl (C=O) groups excluding carboxylic acids is 1. The van der Waals surface area contributed by atoms with Crippen LogP contribution in [0.5, 0.6) is 0 Å². The van der Waals surface area contributed by atoms with Gasteiger partial charge < -0.3 is 14.9 Å². The number of hydrogen-bond donors (Lipinski definition) is 2. The molecule has 0 aromatic rings. The van der Waals surface area contributed by atoms with Crippen molar-refractivity contribution in [3.8, 4) is 0 Å². The summed E-state index contributed by atoms with van der Waals surface area (Å²) in [6, 6.07) is 0. The maximum absolute atomic E-state index is 11.2. The number of aliphatic hydroxyl groups is 2. The van der Waals surface area contributed by atoms with Crippen molar-refractivity contribution in [1.82, 2.24) is 0 Å². The molecule has 4 heteroatoms. The molecule has 1 rings (SSSR count). The van der Waals surface area contributed by atoms with Gasteiger partial charge >= 0.3 is 5.97 Å². The molecule has 0 bridgehead atoms. The van der Waals surface area contributed by atoms with Gasteiger partial charge in [-0.15, -0.1) is 0 Å². The summed E-state index contributed by atoms with van der Waals surface area (Å²) in [4.78, 5) is 11.2. The molecule has 0 saturated carbocycles. The lowest BCUT2D eigenvalue weighted by Gasteiger charge is -2.15. The van der Waals surface area contributed by atoms with Crippen LogP contribution in [0.15, 0.2) is 23.8 Å². The van der Waals surface area contributed by atoms with Crippen molar-refractivity contribution in [3.63, 3.8) is 0 Å². The van der Waals surface area contributed by atoms with Crippen molar-refractivity contribution >= 4 is 5.97 Å². The van der Waals surface area contributed by atoms with E-state index in [9.17, 15) is 9.90 Å². The van der Waals surface area contributed by atoms with Gasteiger partial charge in [0.05, 0.1) is 6.61 Å². The van der Waals surface area contributed by atoms with Crippen LogP contribution in [0.1, 0.15) is 13.3 Å². The van der Waals surface area contributed by atoms with E-state index in [4.69, 9.17) is 9.84 Å². The van der Waals surface area contributed by atoms with Gasteiger partial charge in [0.2, 0.25) is 0 Å². The number of aliphatic hydroxyl groups excluding tert-OH is 2. The lowest BCUT2D eigenvalue weighted by Crippen LogP contribution is -2.26. The Labute approximate surface area is 82.5 Å². The summed E-state index contributed by atoms with van der Waals surface area (Å²) in [5, 5.41) is 18.2. The number of carbonyl (C=O) groups is 1. The summed E-state index contributed by atoms with van der Waals surface area (Å²) < 4.78 is 4.92. The van der Waals surface area contributed by atoms with E-state index in [1.54, 1.807) is 6.92 Å². The van der Waals surface area contributed by atoms with Gasteiger partial charge in [-0.25, -0.2) is 4.79 Å². The molecule has 0 aromatic carbocycles. The average Bonchev–Trinajstić information content (AvgIpc) is 2.47. The highest BCUT2D eigenvalue weighted by molar-refractivity contribution is 5.90. The third-order valence-corrected chi connectivity index (χ3v) is 2.14. The summed E-state index contributed by atoms with van der Waals surface area (Å²) >= 11 is 0. The SMILES string of the molecule is C=C(C)C(O)C1C/C(=C\CO)C(=O)O1. The number of cyclic esters (lactones) is 1. The van der Waals surface area contributed by atoms with Crippen LogP contribution in [0, 0.1) is 0 Å². The standard InChI is InChI=1S/C10H14O4/c1-6(2)9(12)8-5-7(3-4-11)10(13)14-8/h3,8-9,11-12H,1,4-5H2,2H3/b7-3+. The van der Waals surface area contributed by atoms with Crippen molar-refractivity contribution in [2.24, 2.45) is 0 Å². The molecule has 78 valence electrons. The monoisotopic (exact) mass is 198 g/mol. The van der Waals surface area contributed by atoms with Gasteiger partial charge in [0.15, 0.2) is 0 Å². The largest absolute Gasteiger partial charge is 0.456 e. The number of hydrogen-bond acceptors (Lipinski definition) is 4. The van der Waals surface area contributed by atoms with Gasteiger partial charge in [0, 0.05) is 12.0 Å². The minimum atomic E-state index is -0.830. The van der Waals surface area contributed by atoms with Crippen molar-refractivity contribution in [2.45, 2.75) is 25.6 Å². The molecule has 0 aliphatic carbocycles. The summed E-state index contributed by atoms with van der Waals surface area (Å²) in [5.74, 6) is -0.468. The predicted octanol–water partition coefficient (Wildman–Crippen LogP) is 0.158. The van der Waals surface area contributed by atoms with Crippen LogP contribution in [-0.2, 0) is 9.53 Å². The molecular weight excluding hydrogens is 184 g/mol. The smallest absolute Gasteiger partial charge is 0.334 e. The average molecular weight is 198 g/mol. The Morgan fingerprint density at radius 2 is 2.50 bits per heavy atom. The van der Waals surface area contributed by atoms with Crippen molar-refractivity contribution < 1.29 is 19.7 Å². The highest BCUT2D eigenvalue weighted by atomic mass is 16.6. The zero-order chi connectivity index (χ0) is 10.7. The normalized spacial score (nSPS) is 26.4. The lowest BCUT2D eigenvalue weighted by atomic mass is 10.0. The molecular formula is C10H14O4. The molecule has 14 heavy (non-hydrogen) atoms. The molecule has 2 N–H and O–H groups in total. The highest BCUT2D eigenvalue weighted by Gasteiger charge is 2.33. The van der Waals surface area contributed by atoms with Crippen molar-refractivity contribution in [2.75, 3.05) is 6.61 Å². The Hall–Kier alpha value is -1.13. The number of ether oxygens (including phenoxy) is 1. The molecule has 0 aromatic heterocycles. The molecule has 0 spiro atoms. The molecule has 4 nitrogen and oxygen atoms in total. The summed E-state index contributed by atoms with van der Waals surface area (Å²) in [5.41, 5.74) is 0.978. The third kappa shape index (κ3) is 2.21. The maximum atomic E-state index is 11.2. The zero-order valence-corrected chi connectivity index (χ0v) is 8.06. The van der Waals surface area contributed by atoms with Gasteiger partial charge in [-0.1, -0.05) is 6.58 Å². The second kappa shape index (κ2) is 4.39. The van der Waals surface area contributed by atoms with E-state index in [-0.39, 0.29) is 6.61 Å². The Kier molecular flexibility index (Phi) is 3.43. The molecule has 2 unspecified atom stereocenters. The summed E-state index contributed by atoms with van der Waals surface area (Å²) in [7, 11) is 0. The van der Waals surface area contributed by atoms with Crippen LogP contribution >= 0.6 is 0 Å². The molecule has 0 amide bonds. The van der Waals surface area contributed by atoms with Crippen LogP contribution in [-0.4, -0.2) is 35.0 Å². The fourth-order valence-electron chi connectivity index (χ4n) is 1.33. The highest BCUT2D eigenvalue weighted by Crippen LogP contribution is 2.24. The lowest BCUT2D eigenvalue weighted by molar-refractivity contribution is -0.142. The first-order valence-electron chi connectivity index (χ1n) is 4.40. The Balaban J connectivity index is 2.68. The number of rotatable bonds is 3. The van der Waals surface area contributed by atoms with E-state index in [2.05, 4.69) is 6.58 Å². The predicted molar refractivity (Wildman–Crippen MR) is 50.5 cm³/mol. The van der Waals surface area contributed by atoms with E-state index in [0.717, 1.165) is 0 Å². The van der Waals surface area contributed by atoms with Gasteiger partial charge in [-0.3, -0.25) is 0 Å². The van der Waals surface area contributed by atoms with Gasteiger partial charge in [0.1, 0.15) is 12.2 Å². The van der Waals surface area contributed by atoms with Gasteiger partial charge in [-0.2, -0.15) is 0 Å². The first-order valence-corrected chi connectivity index (χ1v) is 4.40.